The number of ether oxygens (including phenoxy) is 2. The highest BCUT2D eigenvalue weighted by atomic mass is 32.2. The minimum Gasteiger partial charge on any atom is -0.497 e. The maximum atomic E-state index is 6.19. The van der Waals surface area contributed by atoms with Crippen molar-refractivity contribution in [1.29, 1.82) is 0 Å². The molecule has 0 radical (unpaired) electrons. The third kappa shape index (κ3) is 5.64. The Bertz CT molecular complexity index is 951. The molecular weight excluding hydrogens is 366 g/mol. The summed E-state index contributed by atoms with van der Waals surface area (Å²) in [6.45, 7) is 6.19. The Morgan fingerprint density at radius 1 is 0.857 bits per heavy atom. The number of nitrogens with zero attached hydrogens (tertiary/aromatic N) is 1. The van der Waals surface area contributed by atoms with E-state index in [0.717, 1.165) is 27.1 Å². The Hall–Kier alpha value is -2.72. The predicted molar refractivity (Wildman–Crippen MR) is 118 cm³/mol. The molecule has 0 N–H and O–H groups in total. The average molecular weight is 392 g/mol. The van der Waals surface area contributed by atoms with E-state index in [0.29, 0.717) is 0 Å². The van der Waals surface area contributed by atoms with Crippen LogP contribution in [0.4, 0.5) is 5.69 Å². The van der Waals surface area contributed by atoms with E-state index < -0.39 is 0 Å². The van der Waals surface area contributed by atoms with Gasteiger partial charge in [0.25, 0.3) is 0 Å². The predicted octanol–water partition coefficient (Wildman–Crippen LogP) is 6.60. The van der Waals surface area contributed by atoms with Gasteiger partial charge in [0.05, 0.1) is 12.8 Å². The van der Waals surface area contributed by atoms with Gasteiger partial charge in [-0.25, -0.2) is 4.99 Å². The van der Waals surface area contributed by atoms with Gasteiger partial charge in [0.2, 0.25) is 0 Å². The number of benzene rings is 3. The van der Waals surface area contributed by atoms with E-state index >= 15 is 0 Å². The third-order valence-corrected chi connectivity index (χ3v) is 5.31. The van der Waals surface area contributed by atoms with Crippen molar-refractivity contribution in [2.45, 2.75) is 31.8 Å². The number of rotatable bonds is 6. The Morgan fingerprint density at radius 2 is 1.57 bits per heavy atom. The smallest absolute Gasteiger partial charge is 0.144 e. The minimum atomic E-state index is -0.209. The van der Waals surface area contributed by atoms with Crippen LogP contribution in [0, 0.1) is 13.8 Å². The molecule has 4 heteroatoms. The normalized spacial score (nSPS) is 12.5. The molecule has 0 aliphatic heterocycles. The molecule has 144 valence electrons. The fourth-order valence-electron chi connectivity index (χ4n) is 2.67. The van der Waals surface area contributed by atoms with Gasteiger partial charge in [-0.1, -0.05) is 53.2 Å². The molecule has 3 nitrogen and oxygen atoms in total. The van der Waals surface area contributed by atoms with Gasteiger partial charge < -0.3 is 9.47 Å². The summed E-state index contributed by atoms with van der Waals surface area (Å²) in [6, 6.07) is 24.3. The van der Waals surface area contributed by atoms with Gasteiger partial charge in [0, 0.05) is 11.0 Å². The van der Waals surface area contributed by atoms with Gasteiger partial charge in [-0.2, -0.15) is 0 Å². The highest BCUT2D eigenvalue weighted by Gasteiger charge is 2.15. The second kappa shape index (κ2) is 9.47. The molecule has 0 saturated carbocycles. The molecule has 0 spiro atoms. The number of methoxy groups -OCH3 is 1. The van der Waals surface area contributed by atoms with Crippen LogP contribution in [0.3, 0.4) is 0 Å². The van der Waals surface area contributed by atoms with Crippen molar-refractivity contribution in [3.8, 4) is 11.5 Å². The molecule has 1 atom stereocenters. The van der Waals surface area contributed by atoms with Gasteiger partial charge in [0.15, 0.2) is 0 Å². The zero-order valence-electron chi connectivity index (χ0n) is 16.7. The fourth-order valence-corrected chi connectivity index (χ4v) is 3.67. The van der Waals surface area contributed by atoms with E-state index in [1.165, 1.54) is 11.1 Å². The van der Waals surface area contributed by atoms with Crippen LogP contribution in [-0.4, -0.2) is 18.3 Å². The summed E-state index contributed by atoms with van der Waals surface area (Å²) in [4.78, 5) is 6.03. The Kier molecular flexibility index (Phi) is 6.77. The molecule has 0 fully saturated rings. The summed E-state index contributed by atoms with van der Waals surface area (Å²) < 4.78 is 11.5. The SMILES string of the molecule is COc1cccc(OC(C)C(=Nc2ccc(C)cc2)Sc2cccc(C)c2)c1. The van der Waals surface area contributed by atoms with Crippen LogP contribution in [0.5, 0.6) is 11.5 Å². The van der Waals surface area contributed by atoms with Crippen molar-refractivity contribution in [2.75, 3.05) is 7.11 Å². The van der Waals surface area contributed by atoms with Crippen molar-refractivity contribution < 1.29 is 9.47 Å². The largest absolute Gasteiger partial charge is 0.497 e. The van der Waals surface area contributed by atoms with E-state index in [1.807, 2.05) is 43.3 Å². The van der Waals surface area contributed by atoms with Crippen LogP contribution in [0.2, 0.25) is 0 Å². The fraction of sp³-hybridized carbons (Fsp3) is 0.208. The summed E-state index contributed by atoms with van der Waals surface area (Å²) in [5.74, 6) is 1.53. The molecule has 3 rings (SSSR count). The summed E-state index contributed by atoms with van der Waals surface area (Å²) in [5, 5.41) is 0.900. The summed E-state index contributed by atoms with van der Waals surface area (Å²) in [6.07, 6.45) is -0.209. The number of hydrogen-bond donors (Lipinski definition) is 0. The Morgan fingerprint density at radius 3 is 2.29 bits per heavy atom. The lowest BCUT2D eigenvalue weighted by Crippen LogP contribution is -2.21. The van der Waals surface area contributed by atoms with E-state index in [9.17, 15) is 0 Å². The van der Waals surface area contributed by atoms with Crippen LogP contribution < -0.4 is 9.47 Å². The molecule has 0 saturated heterocycles. The molecule has 0 aliphatic carbocycles. The zero-order chi connectivity index (χ0) is 19.9. The van der Waals surface area contributed by atoms with Crippen molar-refractivity contribution >= 4 is 22.5 Å². The molecule has 3 aromatic rings. The maximum Gasteiger partial charge on any atom is 0.144 e. The molecular formula is C24H25NO2S. The first-order valence-electron chi connectivity index (χ1n) is 9.24. The van der Waals surface area contributed by atoms with Gasteiger partial charge in [0.1, 0.15) is 22.6 Å². The lowest BCUT2D eigenvalue weighted by Gasteiger charge is -2.18. The molecule has 0 amide bonds. The first-order valence-corrected chi connectivity index (χ1v) is 10.1. The number of thioether (sulfide) groups is 1. The highest BCUT2D eigenvalue weighted by molar-refractivity contribution is 8.14. The van der Waals surface area contributed by atoms with Gasteiger partial charge >= 0.3 is 0 Å². The second-order valence-electron chi connectivity index (χ2n) is 6.64. The number of hydrogen-bond acceptors (Lipinski definition) is 4. The van der Waals surface area contributed by atoms with Crippen molar-refractivity contribution in [1.82, 2.24) is 0 Å². The molecule has 0 heterocycles. The topological polar surface area (TPSA) is 30.8 Å². The molecule has 28 heavy (non-hydrogen) atoms. The highest BCUT2D eigenvalue weighted by Crippen LogP contribution is 2.28. The van der Waals surface area contributed by atoms with Crippen molar-refractivity contribution in [3.05, 3.63) is 83.9 Å². The molecule has 0 bridgehead atoms. The first-order chi connectivity index (χ1) is 13.5. The van der Waals surface area contributed by atoms with Crippen LogP contribution in [0.15, 0.2) is 82.7 Å². The van der Waals surface area contributed by atoms with E-state index in [1.54, 1.807) is 18.9 Å². The monoisotopic (exact) mass is 391 g/mol. The quantitative estimate of drug-likeness (QED) is 0.269. The van der Waals surface area contributed by atoms with Crippen molar-refractivity contribution in [2.24, 2.45) is 4.99 Å². The molecule has 0 aliphatic rings. The Labute approximate surface area is 171 Å². The van der Waals surface area contributed by atoms with Crippen LogP contribution in [0.1, 0.15) is 18.1 Å². The lowest BCUT2D eigenvalue weighted by molar-refractivity contribution is 0.288. The van der Waals surface area contributed by atoms with Crippen molar-refractivity contribution in [3.63, 3.8) is 0 Å². The van der Waals surface area contributed by atoms with Crippen LogP contribution in [-0.2, 0) is 0 Å². The van der Waals surface area contributed by atoms with Gasteiger partial charge in [-0.15, -0.1) is 0 Å². The third-order valence-electron chi connectivity index (χ3n) is 4.19. The standard InChI is InChI=1S/C24H25NO2S/c1-17-11-13-20(14-12-17)25-24(28-23-10-5-7-18(2)15-23)19(3)27-22-9-6-8-21(16-22)26-4/h5-16,19H,1-4H3. The summed E-state index contributed by atoms with van der Waals surface area (Å²) >= 11 is 1.63. The first kappa shape index (κ1) is 20.0. The van der Waals surface area contributed by atoms with Gasteiger partial charge in [-0.3, -0.25) is 0 Å². The number of aliphatic imine (C=N–C) groups is 1. The van der Waals surface area contributed by atoms with Crippen LogP contribution in [0.25, 0.3) is 0 Å². The summed E-state index contributed by atoms with van der Waals surface area (Å²) in [7, 11) is 1.65. The van der Waals surface area contributed by atoms with E-state index in [2.05, 4.69) is 50.2 Å². The number of aryl methyl sites for hydroxylation is 2. The average Bonchev–Trinajstić information content (AvgIpc) is 2.69. The lowest BCUT2D eigenvalue weighted by atomic mass is 10.2. The second-order valence-corrected chi connectivity index (χ2v) is 7.74. The molecule has 1 unspecified atom stereocenters. The Balaban J connectivity index is 1.88. The van der Waals surface area contributed by atoms with E-state index in [-0.39, 0.29) is 6.10 Å². The summed E-state index contributed by atoms with van der Waals surface area (Å²) in [5.41, 5.74) is 3.36. The zero-order valence-corrected chi connectivity index (χ0v) is 17.5. The minimum absolute atomic E-state index is 0.209. The van der Waals surface area contributed by atoms with E-state index in [4.69, 9.17) is 14.5 Å². The molecule has 0 aromatic heterocycles. The maximum absolute atomic E-state index is 6.19. The van der Waals surface area contributed by atoms with Crippen LogP contribution >= 0.6 is 11.8 Å². The molecule has 3 aromatic carbocycles. The van der Waals surface area contributed by atoms with Gasteiger partial charge in [-0.05, 0) is 57.2 Å².